The van der Waals surface area contributed by atoms with Crippen molar-refractivity contribution in [2.45, 2.75) is 37.6 Å². The molecule has 0 aromatic heterocycles. The highest BCUT2D eigenvalue weighted by Gasteiger charge is 2.46. The molecule has 2 rings (SSSR count). The van der Waals surface area contributed by atoms with Gasteiger partial charge in [0.25, 0.3) is 0 Å². The molecule has 1 aliphatic rings. The first kappa shape index (κ1) is 18.2. The van der Waals surface area contributed by atoms with Crippen molar-refractivity contribution in [2.24, 2.45) is 0 Å². The fourth-order valence-electron chi connectivity index (χ4n) is 2.80. The van der Waals surface area contributed by atoms with Crippen molar-refractivity contribution >= 4 is 11.6 Å². The summed E-state index contributed by atoms with van der Waals surface area (Å²) in [6.45, 7) is 0.585. The van der Waals surface area contributed by atoms with Gasteiger partial charge in [0.15, 0.2) is 6.10 Å². The number of alkyl halides is 3. The smallest absolute Gasteiger partial charge is 0.382 e. The monoisotopic (exact) mass is 341 g/mol. The van der Waals surface area contributed by atoms with Gasteiger partial charge in [-0.15, -0.1) is 0 Å². The van der Waals surface area contributed by atoms with Crippen LogP contribution in [0.3, 0.4) is 0 Å². The van der Waals surface area contributed by atoms with Crippen LogP contribution in [0.15, 0.2) is 24.3 Å². The number of amides is 1. The third kappa shape index (κ3) is 4.69. The average molecular weight is 341 g/mol. The molecule has 1 aromatic carbocycles. The van der Waals surface area contributed by atoms with Crippen molar-refractivity contribution in [1.82, 2.24) is 4.90 Å². The number of aliphatic hydroxyl groups excluding tert-OH is 1. The van der Waals surface area contributed by atoms with Crippen LogP contribution in [-0.2, 0) is 4.79 Å². The van der Waals surface area contributed by atoms with Gasteiger partial charge in [0.05, 0.1) is 11.6 Å². The van der Waals surface area contributed by atoms with E-state index in [0.717, 1.165) is 0 Å². The Bertz CT molecular complexity index is 610. The van der Waals surface area contributed by atoms with Gasteiger partial charge < -0.3 is 10.4 Å². The first-order valence-corrected chi connectivity index (χ1v) is 7.60. The molecule has 24 heavy (non-hydrogen) atoms. The molecule has 0 aliphatic carbocycles. The summed E-state index contributed by atoms with van der Waals surface area (Å²) < 4.78 is 37.9. The van der Waals surface area contributed by atoms with E-state index in [9.17, 15) is 23.1 Å². The van der Waals surface area contributed by atoms with Gasteiger partial charge in [0.2, 0.25) is 5.91 Å². The molecule has 0 radical (unpaired) electrons. The van der Waals surface area contributed by atoms with E-state index < -0.39 is 18.3 Å². The van der Waals surface area contributed by atoms with Gasteiger partial charge in [-0.05, 0) is 43.7 Å². The zero-order valence-corrected chi connectivity index (χ0v) is 12.9. The Morgan fingerprint density at radius 3 is 2.67 bits per heavy atom. The molecular weight excluding hydrogens is 323 g/mol. The number of nitriles is 1. The Morgan fingerprint density at radius 2 is 2.08 bits per heavy atom. The molecule has 1 fully saturated rings. The zero-order chi connectivity index (χ0) is 17.7. The summed E-state index contributed by atoms with van der Waals surface area (Å²) in [5.41, 5.74) is 0.987. The highest BCUT2D eigenvalue weighted by Crippen LogP contribution is 2.30. The number of carbonyl (C=O) groups excluding carboxylic acids is 1. The van der Waals surface area contributed by atoms with Crippen LogP contribution in [0, 0.1) is 11.3 Å². The Labute approximate surface area is 137 Å². The summed E-state index contributed by atoms with van der Waals surface area (Å²) in [4.78, 5) is 13.4. The zero-order valence-electron chi connectivity index (χ0n) is 12.9. The Balaban J connectivity index is 1.85. The second-order valence-corrected chi connectivity index (χ2v) is 5.72. The van der Waals surface area contributed by atoms with Crippen LogP contribution < -0.4 is 5.32 Å². The number of rotatable bonds is 5. The van der Waals surface area contributed by atoms with E-state index in [2.05, 4.69) is 5.32 Å². The van der Waals surface area contributed by atoms with Crippen molar-refractivity contribution in [3.8, 4) is 6.07 Å². The first-order valence-electron chi connectivity index (χ1n) is 7.60. The van der Waals surface area contributed by atoms with Crippen molar-refractivity contribution in [3.63, 3.8) is 0 Å². The summed E-state index contributed by atoms with van der Waals surface area (Å²) in [5.74, 6) is -0.327. The number of likely N-dealkylation sites (tertiary alicyclic amines) is 1. The molecule has 130 valence electrons. The van der Waals surface area contributed by atoms with E-state index >= 15 is 0 Å². The third-order valence-electron chi connectivity index (χ3n) is 4.04. The lowest BCUT2D eigenvalue weighted by Crippen LogP contribution is -2.47. The second-order valence-electron chi connectivity index (χ2n) is 5.72. The minimum atomic E-state index is -4.65. The maximum absolute atomic E-state index is 12.6. The van der Waals surface area contributed by atoms with Crippen molar-refractivity contribution in [2.75, 3.05) is 18.4 Å². The van der Waals surface area contributed by atoms with Gasteiger partial charge >= 0.3 is 6.18 Å². The number of hydrogen-bond donors (Lipinski definition) is 2. The van der Waals surface area contributed by atoms with E-state index in [-0.39, 0.29) is 25.3 Å². The van der Waals surface area contributed by atoms with Crippen LogP contribution in [-0.4, -0.2) is 47.3 Å². The molecular formula is C16H18F3N3O2. The second kappa shape index (κ2) is 7.64. The van der Waals surface area contributed by atoms with E-state index in [1.165, 1.54) is 4.90 Å². The van der Waals surface area contributed by atoms with Gasteiger partial charge in [-0.3, -0.25) is 9.69 Å². The molecule has 8 heteroatoms. The van der Waals surface area contributed by atoms with Crippen LogP contribution in [0.2, 0.25) is 0 Å². The number of halogens is 3. The van der Waals surface area contributed by atoms with Gasteiger partial charge in [-0.25, -0.2) is 0 Å². The molecule has 0 saturated carbocycles. The lowest BCUT2D eigenvalue weighted by atomic mass is 10.1. The summed E-state index contributed by atoms with van der Waals surface area (Å²) >= 11 is 0. The summed E-state index contributed by atoms with van der Waals surface area (Å²) in [6, 6.07) is 7.26. The number of carbonyl (C=O) groups is 1. The Morgan fingerprint density at radius 1 is 1.42 bits per heavy atom. The van der Waals surface area contributed by atoms with Crippen LogP contribution in [0.1, 0.15) is 24.8 Å². The highest BCUT2D eigenvalue weighted by atomic mass is 19.4. The Hall–Kier alpha value is -2.11. The fourth-order valence-corrected chi connectivity index (χ4v) is 2.80. The van der Waals surface area contributed by atoms with Crippen LogP contribution in [0.4, 0.5) is 18.9 Å². The number of anilines is 1. The minimum Gasteiger partial charge on any atom is -0.382 e. The molecule has 0 unspecified atom stereocenters. The Kier molecular flexibility index (Phi) is 5.80. The minimum absolute atomic E-state index is 0.0288. The summed E-state index contributed by atoms with van der Waals surface area (Å²) in [6.07, 6.45) is -6.19. The van der Waals surface area contributed by atoms with Gasteiger partial charge in [-0.1, -0.05) is 0 Å². The average Bonchev–Trinajstić information content (AvgIpc) is 3.00. The van der Waals surface area contributed by atoms with Gasteiger partial charge in [0.1, 0.15) is 0 Å². The molecule has 1 saturated heterocycles. The molecule has 1 heterocycles. The standard InChI is InChI=1S/C16H18F3N3O2/c17-16(18,19)15(24)13-2-1-8-22(13)9-7-14(23)21-12-5-3-11(10-20)4-6-12/h3-6,13,15,24H,1-2,7-9H2,(H,21,23)/t13-,15+/m1/s1. The van der Waals surface area contributed by atoms with Crippen LogP contribution in [0.25, 0.3) is 0 Å². The predicted molar refractivity (Wildman–Crippen MR) is 81.1 cm³/mol. The van der Waals surface area contributed by atoms with Crippen molar-refractivity contribution in [3.05, 3.63) is 29.8 Å². The quantitative estimate of drug-likeness (QED) is 0.861. The number of nitrogens with zero attached hydrogens (tertiary/aromatic N) is 2. The van der Waals surface area contributed by atoms with E-state index in [4.69, 9.17) is 5.26 Å². The number of nitrogens with one attached hydrogen (secondary N) is 1. The third-order valence-corrected chi connectivity index (χ3v) is 4.04. The van der Waals surface area contributed by atoms with E-state index in [1.807, 2.05) is 6.07 Å². The summed E-state index contributed by atoms with van der Waals surface area (Å²) in [5, 5.41) is 20.7. The maximum Gasteiger partial charge on any atom is 0.415 e. The molecule has 2 atom stereocenters. The highest BCUT2D eigenvalue weighted by molar-refractivity contribution is 5.90. The molecule has 1 aromatic rings. The number of benzene rings is 1. The topological polar surface area (TPSA) is 76.4 Å². The van der Waals surface area contributed by atoms with E-state index in [1.54, 1.807) is 24.3 Å². The van der Waals surface area contributed by atoms with Crippen LogP contribution in [0.5, 0.6) is 0 Å². The molecule has 1 aliphatic heterocycles. The molecule has 0 bridgehead atoms. The molecule has 0 spiro atoms. The van der Waals surface area contributed by atoms with Crippen LogP contribution >= 0.6 is 0 Å². The normalized spacial score (nSPS) is 19.7. The van der Waals surface area contributed by atoms with Gasteiger partial charge in [-0.2, -0.15) is 18.4 Å². The summed E-state index contributed by atoms with van der Waals surface area (Å²) in [7, 11) is 0. The largest absolute Gasteiger partial charge is 0.415 e. The van der Waals surface area contributed by atoms with Crippen molar-refractivity contribution in [1.29, 1.82) is 5.26 Å². The maximum atomic E-state index is 12.6. The van der Waals surface area contributed by atoms with Crippen molar-refractivity contribution < 1.29 is 23.1 Å². The fraction of sp³-hybridized carbons (Fsp3) is 0.500. The lowest BCUT2D eigenvalue weighted by Gasteiger charge is -2.29. The van der Waals surface area contributed by atoms with Gasteiger partial charge in [0, 0.05) is 24.7 Å². The first-order chi connectivity index (χ1) is 11.3. The predicted octanol–water partition coefficient (Wildman–Crippen LogP) is 2.27. The SMILES string of the molecule is N#Cc1ccc(NC(=O)CCN2CCC[C@@H]2[C@H](O)C(F)(F)F)cc1. The van der Waals surface area contributed by atoms with E-state index in [0.29, 0.717) is 24.2 Å². The molecule has 1 amide bonds. The number of hydrogen-bond acceptors (Lipinski definition) is 4. The lowest BCUT2D eigenvalue weighted by molar-refractivity contribution is -0.219. The molecule has 2 N–H and O–H groups in total. The molecule has 5 nitrogen and oxygen atoms in total. The number of aliphatic hydroxyl groups is 1.